The first kappa shape index (κ1) is 9.74. The van der Waals surface area contributed by atoms with Crippen molar-refractivity contribution in [1.29, 1.82) is 0 Å². The smallest absolute Gasteiger partial charge is 0.150 e. The lowest BCUT2D eigenvalue weighted by molar-refractivity contribution is 1.02. The molecule has 0 saturated heterocycles. The molecule has 0 saturated carbocycles. The lowest BCUT2D eigenvalue weighted by Gasteiger charge is -2.11. The van der Waals surface area contributed by atoms with Crippen LogP contribution in [-0.2, 0) is 6.42 Å². The summed E-state index contributed by atoms with van der Waals surface area (Å²) in [5, 5.41) is 0. The van der Waals surface area contributed by atoms with Crippen molar-refractivity contribution in [2.24, 2.45) is 0 Å². The van der Waals surface area contributed by atoms with E-state index in [1.807, 2.05) is 18.3 Å². The van der Waals surface area contributed by atoms with Crippen molar-refractivity contribution in [3.05, 3.63) is 30.1 Å². The predicted octanol–water partition coefficient (Wildman–Crippen LogP) is 3.07. The van der Waals surface area contributed by atoms with Gasteiger partial charge in [-0.15, -0.1) is 0 Å². The fourth-order valence-electron chi connectivity index (χ4n) is 0.971. The Bertz CT molecular complexity index is 230. The van der Waals surface area contributed by atoms with E-state index >= 15 is 0 Å². The summed E-state index contributed by atoms with van der Waals surface area (Å²) in [5.41, 5.74) is 1.15. The van der Waals surface area contributed by atoms with Gasteiger partial charge in [-0.05, 0) is 24.6 Å². The summed E-state index contributed by atoms with van der Waals surface area (Å²) in [5.74, 6) is 0. The Morgan fingerprint density at radius 3 is 2.67 bits per heavy atom. The van der Waals surface area contributed by atoms with E-state index in [1.165, 1.54) is 0 Å². The highest BCUT2D eigenvalue weighted by Crippen LogP contribution is 2.16. The Morgan fingerprint density at radius 2 is 2.17 bits per heavy atom. The summed E-state index contributed by atoms with van der Waals surface area (Å²) in [6.45, 7) is 4.33. The minimum atomic E-state index is -1.41. The van der Waals surface area contributed by atoms with E-state index in [-0.39, 0.29) is 0 Å². The van der Waals surface area contributed by atoms with Gasteiger partial charge in [-0.3, -0.25) is 4.98 Å². The van der Waals surface area contributed by atoms with Crippen LogP contribution in [0.5, 0.6) is 0 Å². The van der Waals surface area contributed by atoms with E-state index in [9.17, 15) is 0 Å². The Morgan fingerprint density at radius 1 is 1.42 bits per heavy atom. The highest BCUT2D eigenvalue weighted by Gasteiger charge is 2.16. The van der Waals surface area contributed by atoms with Gasteiger partial charge in [-0.1, -0.05) is 19.2 Å². The number of pyridine rings is 1. The number of hydrogen-bond donors (Lipinski definition) is 0. The van der Waals surface area contributed by atoms with Crippen LogP contribution in [0.3, 0.4) is 0 Å². The van der Waals surface area contributed by atoms with Crippen molar-refractivity contribution in [3.63, 3.8) is 0 Å². The van der Waals surface area contributed by atoms with E-state index in [2.05, 4.69) is 24.1 Å². The maximum absolute atomic E-state index is 6.19. The molecule has 0 aliphatic heterocycles. The molecule has 0 fully saturated rings. The molecule has 0 atom stereocenters. The first-order chi connectivity index (χ1) is 5.58. The first-order valence-corrected chi connectivity index (χ1v) is 8.39. The van der Waals surface area contributed by atoms with E-state index in [0.29, 0.717) is 0 Å². The van der Waals surface area contributed by atoms with Gasteiger partial charge in [0.15, 0.2) is 7.38 Å². The van der Waals surface area contributed by atoms with Crippen LogP contribution in [0.25, 0.3) is 0 Å². The molecule has 1 aromatic heterocycles. The third kappa shape index (κ3) is 3.88. The summed E-state index contributed by atoms with van der Waals surface area (Å²) in [6, 6.07) is 7.11. The molecule has 0 unspecified atom stereocenters. The monoisotopic (exact) mass is 199 g/mol. The third-order valence-electron chi connectivity index (χ3n) is 1.70. The molecule has 3 heteroatoms. The molecule has 0 aromatic carbocycles. The summed E-state index contributed by atoms with van der Waals surface area (Å²) in [7, 11) is -1.41. The molecular formula is C9H14ClNSi. The summed E-state index contributed by atoms with van der Waals surface area (Å²) < 4.78 is 0. The van der Waals surface area contributed by atoms with Crippen molar-refractivity contribution in [1.82, 2.24) is 4.98 Å². The molecule has 0 spiro atoms. The largest absolute Gasteiger partial charge is 0.261 e. The molecule has 0 N–H and O–H groups in total. The number of nitrogens with zero attached hydrogens (tertiary/aromatic N) is 1. The Balaban J connectivity index is 2.44. The molecule has 1 nitrogen and oxygen atoms in total. The Hall–Kier alpha value is -0.343. The average Bonchev–Trinajstić information content (AvgIpc) is 2.02. The molecule has 0 aliphatic rings. The molecule has 0 amide bonds. The van der Waals surface area contributed by atoms with E-state index in [0.717, 1.165) is 18.2 Å². The molecule has 1 heterocycles. The van der Waals surface area contributed by atoms with E-state index in [1.54, 1.807) is 0 Å². The molecule has 1 aromatic rings. The van der Waals surface area contributed by atoms with Gasteiger partial charge < -0.3 is 0 Å². The number of hydrogen-bond acceptors (Lipinski definition) is 1. The number of rotatable bonds is 3. The van der Waals surface area contributed by atoms with Gasteiger partial charge in [-0.25, -0.2) is 0 Å². The zero-order valence-electron chi connectivity index (χ0n) is 7.55. The normalized spacial score (nSPS) is 11.6. The zero-order chi connectivity index (χ0) is 9.03. The van der Waals surface area contributed by atoms with Crippen LogP contribution in [0.4, 0.5) is 0 Å². The van der Waals surface area contributed by atoms with Crippen molar-refractivity contribution < 1.29 is 0 Å². The van der Waals surface area contributed by atoms with Crippen molar-refractivity contribution in [3.8, 4) is 0 Å². The molecular weight excluding hydrogens is 186 g/mol. The van der Waals surface area contributed by atoms with Crippen LogP contribution in [0.2, 0.25) is 19.1 Å². The van der Waals surface area contributed by atoms with Gasteiger partial charge in [0.25, 0.3) is 0 Å². The zero-order valence-corrected chi connectivity index (χ0v) is 9.30. The van der Waals surface area contributed by atoms with Gasteiger partial charge in [0, 0.05) is 11.9 Å². The minimum absolute atomic E-state index is 1.02. The number of aromatic nitrogens is 1. The lowest BCUT2D eigenvalue weighted by atomic mass is 10.3. The molecule has 0 radical (unpaired) electrons. The minimum Gasteiger partial charge on any atom is -0.261 e. The van der Waals surface area contributed by atoms with Gasteiger partial charge in [-0.2, -0.15) is 11.1 Å². The van der Waals surface area contributed by atoms with Crippen LogP contribution in [0.15, 0.2) is 24.4 Å². The van der Waals surface area contributed by atoms with Crippen LogP contribution < -0.4 is 0 Å². The van der Waals surface area contributed by atoms with E-state index in [4.69, 9.17) is 11.1 Å². The van der Waals surface area contributed by atoms with Gasteiger partial charge >= 0.3 is 0 Å². The number of halogens is 1. The topological polar surface area (TPSA) is 12.9 Å². The molecule has 0 aliphatic carbocycles. The van der Waals surface area contributed by atoms with Crippen molar-refractivity contribution in [2.75, 3.05) is 0 Å². The van der Waals surface area contributed by atoms with Crippen LogP contribution >= 0.6 is 11.1 Å². The standard InChI is InChI=1S/C9H14ClNSi/c1-12(2,10)8-6-9-5-3-4-7-11-9/h3-5,7H,6,8H2,1-2H3. The molecule has 0 bridgehead atoms. The highest BCUT2D eigenvalue weighted by atomic mass is 35.6. The van der Waals surface area contributed by atoms with Crippen LogP contribution in [0.1, 0.15) is 5.69 Å². The second-order valence-corrected chi connectivity index (χ2v) is 10.5. The highest BCUT2D eigenvalue weighted by molar-refractivity contribution is 7.19. The quantitative estimate of drug-likeness (QED) is 0.539. The van der Waals surface area contributed by atoms with Crippen LogP contribution in [-0.4, -0.2) is 12.4 Å². The van der Waals surface area contributed by atoms with Gasteiger partial charge in [0.05, 0.1) is 0 Å². The van der Waals surface area contributed by atoms with Crippen LogP contribution in [0, 0.1) is 0 Å². The second-order valence-electron chi connectivity index (χ2n) is 3.54. The summed E-state index contributed by atoms with van der Waals surface area (Å²) >= 11 is 6.19. The summed E-state index contributed by atoms with van der Waals surface area (Å²) in [4.78, 5) is 4.25. The second kappa shape index (κ2) is 4.05. The fraction of sp³-hybridized carbons (Fsp3) is 0.444. The Kier molecular flexibility index (Phi) is 3.29. The molecule has 1 rings (SSSR count). The maximum atomic E-state index is 6.19. The number of aryl methyl sites for hydroxylation is 1. The maximum Gasteiger partial charge on any atom is 0.150 e. The molecule has 66 valence electrons. The van der Waals surface area contributed by atoms with Gasteiger partial charge in [0.1, 0.15) is 0 Å². The first-order valence-electron chi connectivity index (χ1n) is 4.17. The summed E-state index contributed by atoms with van der Waals surface area (Å²) in [6.07, 6.45) is 2.85. The van der Waals surface area contributed by atoms with Gasteiger partial charge in [0.2, 0.25) is 0 Å². The fourth-order valence-corrected chi connectivity index (χ4v) is 2.11. The Labute approximate surface area is 79.5 Å². The molecule has 12 heavy (non-hydrogen) atoms. The predicted molar refractivity (Wildman–Crippen MR) is 56.1 cm³/mol. The van der Waals surface area contributed by atoms with E-state index < -0.39 is 7.38 Å². The lowest BCUT2D eigenvalue weighted by Crippen LogP contribution is -2.16. The van der Waals surface area contributed by atoms with Crippen molar-refractivity contribution in [2.45, 2.75) is 25.6 Å². The average molecular weight is 200 g/mol. The van der Waals surface area contributed by atoms with Crippen molar-refractivity contribution >= 4 is 18.5 Å². The third-order valence-corrected chi connectivity index (χ3v) is 3.71. The SMILES string of the molecule is C[Si](C)(Cl)CCc1ccccn1.